The zero-order chi connectivity index (χ0) is 35.2. The minimum atomic E-state index is -2.68. The number of phenolic OH excluding ortho intramolecular Hbond substituents is 1. The summed E-state index contributed by atoms with van der Waals surface area (Å²) in [7, 11) is 0. The molecular formula is C39H34ClF4N5O2. The number of fused-ring (bicyclic) bond motifs is 7. The van der Waals surface area contributed by atoms with E-state index < -0.39 is 28.5 Å². The molecule has 4 aromatic rings. The monoisotopic (exact) mass is 715 g/mol. The lowest BCUT2D eigenvalue weighted by Gasteiger charge is -2.41. The largest absolute Gasteiger partial charge is 0.508 e. The SMILES string of the molecule is C#Cc1c(F)ccc2cc(O)cc(-c3c(Cl)c4c5c(nc(OC[C@@]67CCCN6C[C@@]6(CC6(F)F)C7)nc5c3F)N3C[C@H]5CC[C@H](N5)[C@H]3CC4=C)c12. The van der Waals surface area contributed by atoms with E-state index in [1.807, 2.05) is 0 Å². The van der Waals surface area contributed by atoms with Gasteiger partial charge in [0.05, 0.1) is 26.9 Å². The molecule has 5 atom stereocenters. The molecule has 0 radical (unpaired) electrons. The number of nitrogens with zero attached hydrogens (tertiary/aromatic N) is 4. The van der Waals surface area contributed by atoms with Crippen molar-refractivity contribution in [3.05, 3.63) is 58.6 Å². The number of benzene rings is 3. The Balaban J connectivity index is 1.19. The number of nitrogens with one attached hydrogen (secondary N) is 1. The number of terminal acetylenes is 1. The normalized spacial score (nSPS) is 30.2. The van der Waals surface area contributed by atoms with Gasteiger partial charge in [0.25, 0.3) is 5.92 Å². The molecule has 1 aromatic heterocycles. The highest BCUT2D eigenvalue weighted by Gasteiger charge is 2.77. The summed E-state index contributed by atoms with van der Waals surface area (Å²) in [5, 5.41) is 15.6. The molecule has 1 spiro atoms. The van der Waals surface area contributed by atoms with Crippen LogP contribution in [0.3, 0.4) is 0 Å². The fourth-order valence-corrected chi connectivity index (χ4v) is 10.7. The molecule has 12 heteroatoms. The van der Waals surface area contributed by atoms with Gasteiger partial charge in [0.15, 0.2) is 5.82 Å². The highest BCUT2D eigenvalue weighted by atomic mass is 35.5. The van der Waals surface area contributed by atoms with Gasteiger partial charge < -0.3 is 20.1 Å². The van der Waals surface area contributed by atoms with E-state index in [0.29, 0.717) is 60.1 Å². The number of rotatable bonds is 4. The van der Waals surface area contributed by atoms with E-state index in [-0.39, 0.29) is 75.5 Å². The van der Waals surface area contributed by atoms with E-state index in [9.17, 15) is 13.9 Å². The average Bonchev–Trinajstić information content (AvgIpc) is 3.42. The Labute approximate surface area is 296 Å². The number of alkyl halides is 2. The van der Waals surface area contributed by atoms with Crippen LogP contribution in [0.15, 0.2) is 30.8 Å². The van der Waals surface area contributed by atoms with Crippen molar-refractivity contribution in [2.75, 3.05) is 31.1 Å². The molecule has 2 N–H and O–H groups in total. The Bertz CT molecular complexity index is 2290. The molecule has 0 amide bonds. The van der Waals surface area contributed by atoms with Crippen molar-refractivity contribution in [2.24, 2.45) is 5.41 Å². The summed E-state index contributed by atoms with van der Waals surface area (Å²) >= 11 is 7.25. The van der Waals surface area contributed by atoms with E-state index in [1.54, 1.807) is 0 Å². The molecule has 3 aromatic carbocycles. The van der Waals surface area contributed by atoms with Crippen molar-refractivity contribution in [1.82, 2.24) is 20.2 Å². The molecule has 7 nitrogen and oxygen atoms in total. The Morgan fingerprint density at radius 1 is 1.14 bits per heavy atom. The molecule has 5 aliphatic heterocycles. The topological polar surface area (TPSA) is 73.8 Å². The van der Waals surface area contributed by atoms with Crippen LogP contribution in [0.5, 0.6) is 11.8 Å². The molecule has 5 fully saturated rings. The second-order valence-electron chi connectivity index (χ2n) is 15.5. The predicted octanol–water partition coefficient (Wildman–Crippen LogP) is 7.44. The van der Waals surface area contributed by atoms with E-state index in [2.05, 4.69) is 27.6 Å². The number of halogens is 5. The smallest absolute Gasteiger partial charge is 0.319 e. The lowest BCUT2D eigenvalue weighted by Crippen LogP contribution is -2.58. The molecule has 51 heavy (non-hydrogen) atoms. The van der Waals surface area contributed by atoms with Gasteiger partial charge >= 0.3 is 6.01 Å². The van der Waals surface area contributed by atoms with Crippen molar-refractivity contribution in [3.63, 3.8) is 0 Å². The minimum Gasteiger partial charge on any atom is -0.508 e. The van der Waals surface area contributed by atoms with Crippen LogP contribution in [0.25, 0.3) is 38.4 Å². The third kappa shape index (κ3) is 4.33. The molecule has 1 aliphatic carbocycles. The quantitative estimate of drug-likeness (QED) is 0.168. The van der Waals surface area contributed by atoms with E-state index in [4.69, 9.17) is 32.7 Å². The van der Waals surface area contributed by atoms with E-state index >= 15 is 8.78 Å². The number of ether oxygens (including phenoxy) is 1. The first-order chi connectivity index (χ1) is 24.4. The number of aromatic hydroxyl groups is 1. The lowest BCUT2D eigenvalue weighted by atomic mass is 9.89. The van der Waals surface area contributed by atoms with Crippen molar-refractivity contribution in [2.45, 2.75) is 74.5 Å². The number of piperazine rings is 1. The summed E-state index contributed by atoms with van der Waals surface area (Å²) in [4.78, 5) is 14.0. The Morgan fingerprint density at radius 3 is 2.75 bits per heavy atom. The van der Waals surface area contributed by atoms with Crippen LogP contribution in [-0.2, 0) is 0 Å². The number of phenols is 1. The maximum absolute atomic E-state index is 17.5. The molecule has 10 rings (SSSR count). The van der Waals surface area contributed by atoms with Gasteiger partial charge in [-0.1, -0.05) is 30.2 Å². The standard InChI is InChI=1S/C39H34ClF4N5O2/c1-3-23-25(41)7-5-20-12-22(50)13-24(29(20)23)30-32(40)28-19(2)11-27-26-8-6-21(45-26)14-49(27)35-31(28)34(33(30)42)46-36(47-35)51-18-38-9-4-10-48(38)17-37(15-38)16-39(37,43)44/h1,5,7,12-13,21,26-27,45,50H,2,4,6,8-11,14-18H2/t21-,26+,27-,37+,38+/m1/s1. The van der Waals surface area contributed by atoms with Gasteiger partial charge in [-0.25, -0.2) is 17.6 Å². The summed E-state index contributed by atoms with van der Waals surface area (Å²) in [5.41, 5.74) is -0.617. The summed E-state index contributed by atoms with van der Waals surface area (Å²) in [6.45, 7) is 6.21. The van der Waals surface area contributed by atoms with Crippen molar-refractivity contribution < 1.29 is 27.4 Å². The number of hydrogen-bond donors (Lipinski definition) is 2. The fourth-order valence-electron chi connectivity index (χ4n) is 10.3. The van der Waals surface area contributed by atoms with Gasteiger partial charge in [-0.3, -0.25) is 4.90 Å². The van der Waals surface area contributed by atoms with Gasteiger partial charge in [-0.05, 0) is 79.8 Å². The third-order valence-corrected chi connectivity index (χ3v) is 13.1. The highest BCUT2D eigenvalue weighted by Crippen LogP contribution is 2.69. The van der Waals surface area contributed by atoms with Crippen LogP contribution in [0.4, 0.5) is 23.4 Å². The van der Waals surface area contributed by atoms with Gasteiger partial charge in [0, 0.05) is 54.1 Å². The summed E-state index contributed by atoms with van der Waals surface area (Å²) in [5.74, 6) is -1.47. The van der Waals surface area contributed by atoms with E-state index in [1.165, 1.54) is 24.3 Å². The first kappa shape index (κ1) is 31.6. The van der Waals surface area contributed by atoms with Crippen LogP contribution >= 0.6 is 11.6 Å². The molecule has 0 unspecified atom stereocenters. The zero-order valence-corrected chi connectivity index (χ0v) is 28.4. The van der Waals surface area contributed by atoms with Gasteiger partial charge in [0.1, 0.15) is 29.5 Å². The van der Waals surface area contributed by atoms with Crippen molar-refractivity contribution in [1.29, 1.82) is 0 Å². The first-order valence-electron chi connectivity index (χ1n) is 17.5. The molecule has 6 aliphatic rings. The van der Waals surface area contributed by atoms with Gasteiger partial charge in [0.2, 0.25) is 0 Å². The van der Waals surface area contributed by atoms with Crippen LogP contribution in [0.2, 0.25) is 5.02 Å². The van der Waals surface area contributed by atoms with Crippen molar-refractivity contribution >= 4 is 44.7 Å². The van der Waals surface area contributed by atoms with Crippen LogP contribution in [0, 0.1) is 29.4 Å². The number of aromatic nitrogens is 2. The van der Waals surface area contributed by atoms with Crippen LogP contribution in [0.1, 0.15) is 56.1 Å². The predicted molar refractivity (Wildman–Crippen MR) is 187 cm³/mol. The summed E-state index contributed by atoms with van der Waals surface area (Å²) in [6, 6.07) is 5.67. The number of anilines is 1. The van der Waals surface area contributed by atoms with Crippen LogP contribution in [-0.4, -0.2) is 75.8 Å². The maximum atomic E-state index is 17.5. The fraction of sp³-hybridized carbons (Fsp3) is 0.436. The first-order valence-corrected chi connectivity index (χ1v) is 17.9. The Kier molecular flexibility index (Phi) is 6.50. The molecular weight excluding hydrogens is 682 g/mol. The summed E-state index contributed by atoms with van der Waals surface area (Å²) < 4.78 is 68.2. The molecule has 6 heterocycles. The number of hydrogen-bond acceptors (Lipinski definition) is 7. The van der Waals surface area contributed by atoms with Crippen LogP contribution < -0.4 is 15.0 Å². The third-order valence-electron chi connectivity index (χ3n) is 12.7. The Hall–Kier alpha value is -4.11. The second kappa shape index (κ2) is 10.5. The van der Waals surface area contributed by atoms with Gasteiger partial charge in [-0.2, -0.15) is 9.97 Å². The van der Waals surface area contributed by atoms with E-state index in [0.717, 1.165) is 25.8 Å². The molecule has 1 saturated carbocycles. The minimum absolute atomic E-state index is 0.0303. The molecule has 4 saturated heterocycles. The average molecular weight is 716 g/mol. The Morgan fingerprint density at radius 2 is 1.96 bits per heavy atom. The lowest BCUT2D eigenvalue weighted by molar-refractivity contribution is 0.0647. The maximum Gasteiger partial charge on any atom is 0.319 e. The molecule has 2 bridgehead atoms. The second-order valence-corrected chi connectivity index (χ2v) is 15.9. The zero-order valence-electron chi connectivity index (χ0n) is 27.6. The van der Waals surface area contributed by atoms with Crippen molar-refractivity contribution in [3.8, 4) is 35.2 Å². The summed E-state index contributed by atoms with van der Waals surface area (Å²) in [6.07, 6.45) is 10.0. The highest BCUT2D eigenvalue weighted by molar-refractivity contribution is 6.37. The molecule has 262 valence electrons. The van der Waals surface area contributed by atoms with Gasteiger partial charge in [-0.15, -0.1) is 6.42 Å².